The molecular weight excluding hydrogens is 499 g/mol. The van der Waals surface area contributed by atoms with E-state index in [-0.39, 0.29) is 41.0 Å². The third-order valence-corrected chi connectivity index (χ3v) is 5.80. The molecule has 3 rings (SSSR count). The van der Waals surface area contributed by atoms with E-state index in [9.17, 15) is 14.5 Å². The van der Waals surface area contributed by atoms with Gasteiger partial charge in [0, 0.05) is 0 Å². The summed E-state index contributed by atoms with van der Waals surface area (Å²) >= 11 is 8.31. The Morgan fingerprint density at radius 1 is 1.39 bits per heavy atom. The highest BCUT2D eigenvalue weighted by molar-refractivity contribution is 9.12. The van der Waals surface area contributed by atoms with E-state index in [0.29, 0.717) is 16.9 Å². The van der Waals surface area contributed by atoms with Gasteiger partial charge in [0.2, 0.25) is 4.20 Å². The number of anilines is 3. The first-order valence-corrected chi connectivity index (χ1v) is 10.1. The molecule has 0 saturated heterocycles. The molecular formula is C13H11BrClFN8O2S2. The van der Waals surface area contributed by atoms with Crippen molar-refractivity contribution < 1.29 is 8.72 Å². The Bertz CT molecular complexity index is 1040. The van der Waals surface area contributed by atoms with Crippen molar-refractivity contribution in [3.05, 3.63) is 46.5 Å². The number of aromatic nitrogens is 4. The Morgan fingerprint density at radius 2 is 2.11 bits per heavy atom. The topological polar surface area (TPSA) is 162 Å². The highest BCUT2D eigenvalue weighted by Gasteiger charge is 2.48. The fourth-order valence-corrected chi connectivity index (χ4v) is 5.39. The van der Waals surface area contributed by atoms with Crippen molar-refractivity contribution in [2.45, 2.75) is 7.57 Å². The van der Waals surface area contributed by atoms with Gasteiger partial charge >= 0.3 is 0 Å². The van der Waals surface area contributed by atoms with E-state index < -0.39 is 11.9 Å². The fraction of sp³-hybridized carbons (Fsp3) is 0.154. The van der Waals surface area contributed by atoms with Crippen LogP contribution >= 0.6 is 51.2 Å². The summed E-state index contributed by atoms with van der Waals surface area (Å²) in [6.45, 7) is 0. The number of nitrogens with zero attached hydrogens (tertiary/aromatic N) is 4. The SMILES string of the molecule is Nc1ccccc1Nc1nc(C(N)(S[N+](=O)[O-])SC(F)(Cl)Br)nc2nc[nH]c12. The molecule has 0 amide bonds. The van der Waals surface area contributed by atoms with Crippen molar-refractivity contribution in [1.29, 1.82) is 0 Å². The van der Waals surface area contributed by atoms with E-state index in [4.69, 9.17) is 23.1 Å². The smallest absolute Gasteiger partial charge is 0.287 e. The number of fused-ring (bicyclic) bond motifs is 1. The van der Waals surface area contributed by atoms with Gasteiger partial charge in [-0.15, -0.1) is 0 Å². The molecule has 0 aliphatic carbocycles. The number of nitro groups is 1. The summed E-state index contributed by atoms with van der Waals surface area (Å²) in [5.41, 5.74) is 13.5. The normalized spacial score (nSPS) is 15.7. The zero-order valence-electron chi connectivity index (χ0n) is 13.6. The van der Waals surface area contributed by atoms with Gasteiger partial charge in [-0.05, 0) is 39.8 Å². The van der Waals surface area contributed by atoms with Crippen LogP contribution in [0, 0.1) is 10.1 Å². The summed E-state index contributed by atoms with van der Waals surface area (Å²) < 4.78 is 8.54. The molecule has 0 bridgehead atoms. The Kier molecular flexibility index (Phi) is 5.86. The first-order chi connectivity index (χ1) is 13.1. The zero-order chi connectivity index (χ0) is 20.5. The maximum atomic E-state index is 14.0. The molecule has 3 aromatic rings. The second-order valence-corrected chi connectivity index (χ2v) is 10.9. The maximum absolute atomic E-state index is 14.0. The van der Waals surface area contributed by atoms with Crippen LogP contribution in [0.3, 0.4) is 0 Å². The summed E-state index contributed by atoms with van der Waals surface area (Å²) in [6, 6.07) is 6.89. The van der Waals surface area contributed by atoms with E-state index in [1.165, 1.54) is 6.33 Å². The minimum Gasteiger partial charge on any atom is -0.397 e. The van der Waals surface area contributed by atoms with Gasteiger partial charge in [-0.25, -0.2) is 19.3 Å². The molecule has 0 fully saturated rings. The lowest BCUT2D eigenvalue weighted by molar-refractivity contribution is -0.285. The van der Waals surface area contributed by atoms with Crippen molar-refractivity contribution >= 4 is 79.6 Å². The lowest BCUT2D eigenvalue weighted by Gasteiger charge is -2.24. The van der Waals surface area contributed by atoms with Crippen LogP contribution in [0.5, 0.6) is 0 Å². The molecule has 15 heteroatoms. The van der Waals surface area contributed by atoms with Crippen molar-refractivity contribution in [2.24, 2.45) is 5.73 Å². The van der Waals surface area contributed by atoms with Crippen LogP contribution in [0.2, 0.25) is 0 Å². The number of hydrogen-bond acceptors (Lipinski definition) is 10. The Morgan fingerprint density at radius 3 is 2.75 bits per heavy atom. The zero-order valence-corrected chi connectivity index (χ0v) is 17.6. The van der Waals surface area contributed by atoms with Crippen molar-refractivity contribution in [1.82, 2.24) is 19.9 Å². The number of para-hydroxylation sites is 2. The Hall–Kier alpha value is -1.87. The number of hydrogen-bond donors (Lipinski definition) is 4. The molecule has 148 valence electrons. The highest BCUT2D eigenvalue weighted by atomic mass is 79.9. The number of rotatable bonds is 7. The molecule has 0 spiro atoms. The van der Waals surface area contributed by atoms with E-state index in [1.807, 2.05) is 0 Å². The van der Waals surface area contributed by atoms with Gasteiger partial charge in [0.25, 0.3) is 15.3 Å². The average Bonchev–Trinajstić information content (AvgIpc) is 3.03. The quantitative estimate of drug-likeness (QED) is 0.0924. The van der Waals surface area contributed by atoms with Crippen molar-refractivity contribution in [3.63, 3.8) is 0 Å². The summed E-state index contributed by atoms with van der Waals surface area (Å²) in [5, 5.41) is 14.1. The van der Waals surface area contributed by atoms with E-state index in [0.717, 1.165) is 0 Å². The van der Waals surface area contributed by atoms with Crippen LogP contribution in [0.15, 0.2) is 30.6 Å². The number of alkyl halides is 3. The summed E-state index contributed by atoms with van der Waals surface area (Å²) in [6.07, 6.45) is 1.36. The molecule has 0 aliphatic rings. The van der Waals surface area contributed by atoms with E-state index >= 15 is 0 Å². The molecule has 2 heterocycles. The number of nitrogens with one attached hydrogen (secondary N) is 2. The first kappa shape index (κ1) is 20.9. The minimum absolute atomic E-state index is 0.00421. The van der Waals surface area contributed by atoms with Crippen LogP contribution in [-0.2, 0) is 4.20 Å². The van der Waals surface area contributed by atoms with Gasteiger partial charge in [-0.1, -0.05) is 23.7 Å². The largest absolute Gasteiger partial charge is 0.397 e. The molecule has 1 aromatic carbocycles. The van der Waals surface area contributed by atoms with Crippen molar-refractivity contribution in [2.75, 3.05) is 11.1 Å². The Balaban J connectivity index is 2.12. The molecule has 0 aliphatic heterocycles. The number of benzene rings is 1. The van der Waals surface area contributed by atoms with Gasteiger partial charge in [0.15, 0.2) is 17.3 Å². The lowest BCUT2D eigenvalue weighted by atomic mass is 10.2. The lowest BCUT2D eigenvalue weighted by Crippen LogP contribution is -2.35. The van der Waals surface area contributed by atoms with E-state index in [2.05, 4.69) is 41.2 Å². The monoisotopic (exact) mass is 508 g/mol. The third-order valence-electron chi connectivity index (χ3n) is 3.29. The van der Waals surface area contributed by atoms with E-state index in [1.54, 1.807) is 24.3 Å². The number of nitrogen functional groups attached to an aromatic ring is 1. The summed E-state index contributed by atoms with van der Waals surface area (Å²) in [5.74, 6) is -0.0682. The number of thioether (sulfide) groups is 1. The molecule has 2 unspecified atom stereocenters. The van der Waals surface area contributed by atoms with Gasteiger partial charge in [-0.2, -0.15) is 0 Å². The predicted molar refractivity (Wildman–Crippen MR) is 112 cm³/mol. The van der Waals surface area contributed by atoms with Crippen LogP contribution in [0.4, 0.5) is 21.6 Å². The fourth-order valence-electron chi connectivity index (χ4n) is 2.21. The van der Waals surface area contributed by atoms with Gasteiger partial charge < -0.3 is 16.0 Å². The number of halogens is 3. The van der Waals surface area contributed by atoms with Crippen molar-refractivity contribution in [3.8, 4) is 0 Å². The van der Waals surface area contributed by atoms with Crippen LogP contribution < -0.4 is 16.8 Å². The van der Waals surface area contributed by atoms with Crippen LogP contribution in [0.25, 0.3) is 11.2 Å². The summed E-state index contributed by atoms with van der Waals surface area (Å²) in [4.78, 5) is 26.4. The molecule has 2 atom stereocenters. The second-order valence-electron chi connectivity index (χ2n) is 5.24. The first-order valence-electron chi connectivity index (χ1n) is 7.30. The molecule has 2 aromatic heterocycles. The van der Waals surface area contributed by atoms with Crippen LogP contribution in [0.1, 0.15) is 5.82 Å². The highest BCUT2D eigenvalue weighted by Crippen LogP contribution is 2.52. The van der Waals surface area contributed by atoms with Gasteiger partial charge in [0.05, 0.1) is 17.7 Å². The second kappa shape index (κ2) is 7.87. The minimum atomic E-state index is -2.59. The standard InChI is InChI=1S/C13H11BrClFN8O2S2/c14-13(15,16)27-12(18,28-24(25)26)11-22-9-8(19-5-20-9)10(23-11)21-7-4-2-1-3-6(7)17/h1-5H,17-18H2,(H2,19,20,21,22,23). The third kappa shape index (κ3) is 4.75. The maximum Gasteiger partial charge on any atom is 0.287 e. The molecule has 0 saturated carbocycles. The van der Waals surface area contributed by atoms with Crippen LogP contribution in [-0.4, -0.2) is 27.6 Å². The molecule has 10 nitrogen and oxygen atoms in total. The number of imidazole rings is 1. The number of aromatic amines is 1. The number of H-pyrrole nitrogens is 1. The molecule has 6 N–H and O–H groups in total. The molecule has 0 radical (unpaired) electrons. The average molecular weight is 510 g/mol. The number of nitrogens with two attached hydrogens (primary N) is 2. The summed E-state index contributed by atoms with van der Waals surface area (Å²) in [7, 11) is 0. The molecule has 28 heavy (non-hydrogen) atoms. The Labute approximate surface area is 178 Å². The predicted octanol–water partition coefficient (Wildman–Crippen LogP) is 3.62. The van der Waals surface area contributed by atoms with Gasteiger partial charge in [0.1, 0.15) is 9.85 Å². The van der Waals surface area contributed by atoms with Gasteiger partial charge in [-0.3, -0.25) is 15.8 Å².